The summed E-state index contributed by atoms with van der Waals surface area (Å²) in [6, 6.07) is 9.62. The summed E-state index contributed by atoms with van der Waals surface area (Å²) in [6.07, 6.45) is 3.69. The Morgan fingerprint density at radius 3 is 3.00 bits per heavy atom. The highest BCUT2D eigenvalue weighted by Gasteiger charge is 2.08. The minimum atomic E-state index is 0.708. The first-order valence-electron chi connectivity index (χ1n) is 6.06. The summed E-state index contributed by atoms with van der Waals surface area (Å²) in [5, 5.41) is 5.58. The monoisotopic (exact) mass is 305 g/mol. The lowest BCUT2D eigenvalue weighted by atomic mass is 10.3. The molecule has 0 fully saturated rings. The van der Waals surface area contributed by atoms with Crippen molar-refractivity contribution in [2.24, 2.45) is 0 Å². The maximum atomic E-state index is 6.03. The Morgan fingerprint density at radius 1 is 1.35 bits per heavy atom. The summed E-state index contributed by atoms with van der Waals surface area (Å²) >= 11 is 7.63. The van der Waals surface area contributed by atoms with Crippen LogP contribution in [0.15, 0.2) is 52.4 Å². The standard InChI is InChI=1S/C14H12ClN3OS/c1-10-7-12(17-19-10)9-20-14-16-5-6-18(14)13-4-2-3-11(15)8-13/h2-8H,9H2,1H3. The van der Waals surface area contributed by atoms with Gasteiger partial charge in [-0.25, -0.2) is 4.98 Å². The van der Waals surface area contributed by atoms with E-state index in [9.17, 15) is 0 Å². The Labute approximate surface area is 125 Å². The van der Waals surface area contributed by atoms with Crippen LogP contribution in [0.5, 0.6) is 0 Å². The first-order valence-corrected chi connectivity index (χ1v) is 7.43. The van der Waals surface area contributed by atoms with Crippen molar-refractivity contribution in [3.05, 3.63) is 59.2 Å². The fraction of sp³-hybridized carbons (Fsp3) is 0.143. The Hall–Kier alpha value is -1.72. The van der Waals surface area contributed by atoms with Gasteiger partial charge in [-0.3, -0.25) is 4.57 Å². The van der Waals surface area contributed by atoms with Crippen molar-refractivity contribution in [3.8, 4) is 5.69 Å². The Kier molecular flexibility index (Phi) is 3.80. The Balaban J connectivity index is 1.80. The molecule has 0 spiro atoms. The number of thioether (sulfide) groups is 1. The van der Waals surface area contributed by atoms with Crippen LogP contribution in [-0.2, 0) is 5.75 Å². The number of hydrogen-bond donors (Lipinski definition) is 0. The number of aryl methyl sites for hydroxylation is 1. The largest absolute Gasteiger partial charge is 0.361 e. The van der Waals surface area contributed by atoms with E-state index in [-0.39, 0.29) is 0 Å². The fourth-order valence-electron chi connectivity index (χ4n) is 1.84. The number of aromatic nitrogens is 3. The zero-order valence-electron chi connectivity index (χ0n) is 10.8. The molecular weight excluding hydrogens is 294 g/mol. The number of benzene rings is 1. The Morgan fingerprint density at radius 2 is 2.25 bits per heavy atom. The number of imidazole rings is 1. The molecule has 20 heavy (non-hydrogen) atoms. The van der Waals surface area contributed by atoms with Crippen LogP contribution in [-0.4, -0.2) is 14.7 Å². The van der Waals surface area contributed by atoms with Crippen molar-refractivity contribution < 1.29 is 4.52 Å². The van der Waals surface area contributed by atoms with Gasteiger partial charge in [0.05, 0.1) is 5.69 Å². The van der Waals surface area contributed by atoms with Crippen LogP contribution in [0.1, 0.15) is 11.5 Å². The van der Waals surface area contributed by atoms with E-state index < -0.39 is 0 Å². The highest BCUT2D eigenvalue weighted by Crippen LogP contribution is 2.25. The van der Waals surface area contributed by atoms with Gasteiger partial charge in [0.25, 0.3) is 0 Å². The maximum Gasteiger partial charge on any atom is 0.172 e. The summed E-state index contributed by atoms with van der Waals surface area (Å²) in [6.45, 7) is 1.88. The summed E-state index contributed by atoms with van der Waals surface area (Å²) in [7, 11) is 0. The van der Waals surface area contributed by atoms with E-state index >= 15 is 0 Å². The van der Waals surface area contributed by atoms with Gasteiger partial charge < -0.3 is 4.52 Å². The fourth-order valence-corrected chi connectivity index (χ4v) is 2.88. The molecular formula is C14H12ClN3OS. The average Bonchev–Trinajstić information content (AvgIpc) is 3.05. The van der Waals surface area contributed by atoms with Crippen molar-refractivity contribution in [2.45, 2.75) is 17.8 Å². The van der Waals surface area contributed by atoms with Gasteiger partial charge in [-0.05, 0) is 25.1 Å². The van der Waals surface area contributed by atoms with E-state index in [1.165, 1.54) is 0 Å². The molecule has 0 saturated carbocycles. The first-order chi connectivity index (χ1) is 9.72. The zero-order valence-corrected chi connectivity index (χ0v) is 12.4. The van der Waals surface area contributed by atoms with E-state index in [1.807, 2.05) is 48.0 Å². The molecule has 2 aromatic heterocycles. The first kappa shape index (κ1) is 13.3. The van der Waals surface area contributed by atoms with Gasteiger partial charge in [0, 0.05) is 34.9 Å². The van der Waals surface area contributed by atoms with Gasteiger partial charge in [0.15, 0.2) is 5.16 Å². The van der Waals surface area contributed by atoms with Crippen LogP contribution in [0.2, 0.25) is 5.02 Å². The van der Waals surface area contributed by atoms with Crippen molar-refractivity contribution >= 4 is 23.4 Å². The minimum absolute atomic E-state index is 0.708. The molecule has 0 atom stereocenters. The molecule has 4 nitrogen and oxygen atoms in total. The predicted octanol–water partition coefficient (Wildman–Crippen LogP) is 4.11. The molecule has 0 amide bonds. The van der Waals surface area contributed by atoms with Crippen LogP contribution in [0.4, 0.5) is 0 Å². The number of hydrogen-bond acceptors (Lipinski definition) is 4. The highest BCUT2D eigenvalue weighted by molar-refractivity contribution is 7.98. The van der Waals surface area contributed by atoms with Gasteiger partial charge in [-0.2, -0.15) is 0 Å². The molecule has 102 valence electrons. The number of halogens is 1. The lowest BCUT2D eigenvalue weighted by Gasteiger charge is -2.06. The molecule has 0 bridgehead atoms. The molecule has 1 aromatic carbocycles. The zero-order chi connectivity index (χ0) is 13.9. The van der Waals surface area contributed by atoms with Gasteiger partial charge >= 0.3 is 0 Å². The topological polar surface area (TPSA) is 43.9 Å². The van der Waals surface area contributed by atoms with E-state index in [1.54, 1.807) is 18.0 Å². The van der Waals surface area contributed by atoms with Crippen molar-refractivity contribution in [2.75, 3.05) is 0 Å². The predicted molar refractivity (Wildman–Crippen MR) is 79.4 cm³/mol. The third-order valence-corrected chi connectivity index (χ3v) is 3.95. The smallest absolute Gasteiger partial charge is 0.172 e. The average molecular weight is 306 g/mol. The van der Waals surface area contributed by atoms with E-state index in [0.29, 0.717) is 5.02 Å². The van der Waals surface area contributed by atoms with E-state index in [2.05, 4.69) is 10.1 Å². The summed E-state index contributed by atoms with van der Waals surface area (Å²) in [5.74, 6) is 1.54. The quantitative estimate of drug-likeness (QED) is 0.680. The molecule has 3 aromatic rings. The van der Waals surface area contributed by atoms with Crippen LogP contribution in [0, 0.1) is 6.92 Å². The molecule has 0 aliphatic rings. The molecule has 0 aliphatic carbocycles. The van der Waals surface area contributed by atoms with Gasteiger partial charge in [0.1, 0.15) is 5.76 Å². The van der Waals surface area contributed by atoms with Crippen LogP contribution < -0.4 is 0 Å². The van der Waals surface area contributed by atoms with Crippen molar-refractivity contribution in [1.82, 2.24) is 14.7 Å². The lowest BCUT2D eigenvalue weighted by molar-refractivity contribution is 0.393. The van der Waals surface area contributed by atoms with Gasteiger partial charge in [-0.1, -0.05) is 34.6 Å². The lowest BCUT2D eigenvalue weighted by Crippen LogP contribution is -1.95. The third kappa shape index (κ3) is 2.89. The van der Waals surface area contributed by atoms with E-state index in [0.717, 1.165) is 28.1 Å². The van der Waals surface area contributed by atoms with Gasteiger partial charge in [-0.15, -0.1) is 0 Å². The molecule has 0 saturated heterocycles. The molecule has 0 unspecified atom stereocenters. The second-order valence-corrected chi connectivity index (χ2v) is 5.66. The SMILES string of the molecule is Cc1cc(CSc2nccn2-c2cccc(Cl)c2)no1. The number of nitrogens with zero attached hydrogens (tertiary/aromatic N) is 3. The molecule has 0 aliphatic heterocycles. The Bertz CT molecular complexity index is 723. The van der Waals surface area contributed by atoms with E-state index in [4.69, 9.17) is 16.1 Å². The highest BCUT2D eigenvalue weighted by atomic mass is 35.5. The van der Waals surface area contributed by atoms with Crippen LogP contribution in [0.3, 0.4) is 0 Å². The molecule has 0 radical (unpaired) electrons. The molecule has 6 heteroatoms. The van der Waals surface area contributed by atoms with Crippen LogP contribution >= 0.6 is 23.4 Å². The molecule has 3 rings (SSSR count). The maximum absolute atomic E-state index is 6.03. The van der Waals surface area contributed by atoms with Crippen molar-refractivity contribution in [1.29, 1.82) is 0 Å². The number of rotatable bonds is 4. The summed E-state index contributed by atoms with van der Waals surface area (Å²) in [5.41, 5.74) is 1.90. The van der Waals surface area contributed by atoms with Crippen molar-refractivity contribution in [3.63, 3.8) is 0 Å². The third-order valence-electron chi connectivity index (χ3n) is 2.72. The van der Waals surface area contributed by atoms with Gasteiger partial charge in [0.2, 0.25) is 0 Å². The molecule has 0 N–H and O–H groups in total. The normalized spacial score (nSPS) is 10.9. The summed E-state index contributed by atoms with van der Waals surface area (Å²) < 4.78 is 7.06. The summed E-state index contributed by atoms with van der Waals surface area (Å²) in [4.78, 5) is 4.37. The second-order valence-electron chi connectivity index (χ2n) is 4.28. The molecule has 2 heterocycles. The van der Waals surface area contributed by atoms with Crippen LogP contribution in [0.25, 0.3) is 5.69 Å². The minimum Gasteiger partial charge on any atom is -0.361 e. The second kappa shape index (κ2) is 5.73.